The normalized spacial score (nSPS) is 46.5. The van der Waals surface area contributed by atoms with Crippen LogP contribution in [0.5, 0.6) is 0 Å². The molecule has 5 fully saturated rings. The lowest BCUT2D eigenvalue weighted by molar-refractivity contribution is -0.149. The average molecular weight is 335 g/mol. The Labute approximate surface area is 143 Å². The van der Waals surface area contributed by atoms with E-state index >= 15 is 0 Å². The average Bonchev–Trinajstić information content (AvgIpc) is 2.86. The summed E-state index contributed by atoms with van der Waals surface area (Å²) >= 11 is 0. The summed E-state index contributed by atoms with van der Waals surface area (Å²) in [4.78, 5) is 26.2. The first kappa shape index (κ1) is 16.3. The van der Waals surface area contributed by atoms with Crippen molar-refractivity contribution in [1.29, 1.82) is 0 Å². The Balaban J connectivity index is 1.44. The molecule has 0 aromatic rings. The summed E-state index contributed by atoms with van der Waals surface area (Å²) in [7, 11) is 0. The highest BCUT2D eigenvalue weighted by molar-refractivity contribution is 5.91. The number of carbonyl (C=O) groups is 2. The lowest BCUT2D eigenvalue weighted by Gasteiger charge is -2.60. The van der Waals surface area contributed by atoms with Gasteiger partial charge in [0.1, 0.15) is 5.54 Å². The number of rotatable bonds is 4. The van der Waals surface area contributed by atoms with Crippen LogP contribution in [-0.2, 0) is 9.59 Å². The third-order valence-corrected chi connectivity index (χ3v) is 7.12. The Kier molecular flexibility index (Phi) is 3.52. The van der Waals surface area contributed by atoms with Gasteiger partial charge in [-0.25, -0.2) is 0 Å². The molecule has 0 aromatic carbocycles. The Hall–Kier alpha value is -1.14. The van der Waals surface area contributed by atoms with Crippen molar-refractivity contribution in [2.24, 2.45) is 17.6 Å². The van der Waals surface area contributed by atoms with Crippen LogP contribution in [-0.4, -0.2) is 51.6 Å². The highest BCUT2D eigenvalue weighted by Crippen LogP contribution is 2.57. The third-order valence-electron chi connectivity index (χ3n) is 7.12. The van der Waals surface area contributed by atoms with Crippen molar-refractivity contribution in [2.45, 2.75) is 75.0 Å². The van der Waals surface area contributed by atoms with Gasteiger partial charge in [-0.3, -0.25) is 9.59 Å². The van der Waals surface area contributed by atoms with Crippen molar-refractivity contribution in [1.82, 2.24) is 10.2 Å². The van der Waals surface area contributed by atoms with Gasteiger partial charge in [0, 0.05) is 12.1 Å². The lowest BCUT2D eigenvalue weighted by Crippen LogP contribution is -2.66. The van der Waals surface area contributed by atoms with Crippen LogP contribution in [0.2, 0.25) is 0 Å². The Bertz CT molecular complexity index is 564. The van der Waals surface area contributed by atoms with Gasteiger partial charge in [-0.15, -0.1) is 0 Å². The molecule has 1 heterocycles. The minimum absolute atomic E-state index is 0.0449. The summed E-state index contributed by atoms with van der Waals surface area (Å²) < 4.78 is 0. The molecule has 0 aromatic heterocycles. The largest absolute Gasteiger partial charge is 0.390 e. The van der Waals surface area contributed by atoms with Gasteiger partial charge in [0.25, 0.3) is 0 Å². The smallest absolute Gasteiger partial charge is 0.243 e. The number of aliphatic hydroxyl groups is 1. The zero-order valence-corrected chi connectivity index (χ0v) is 14.5. The van der Waals surface area contributed by atoms with Gasteiger partial charge in [-0.1, -0.05) is 0 Å². The molecule has 6 nitrogen and oxygen atoms in total. The number of nitrogens with two attached hydrogens (primary N) is 1. The molecule has 4 aliphatic carbocycles. The zero-order valence-electron chi connectivity index (χ0n) is 14.5. The van der Waals surface area contributed by atoms with Crippen LogP contribution in [0, 0.1) is 11.8 Å². The minimum atomic E-state index is -0.849. The molecule has 3 unspecified atom stereocenters. The number of hydrogen-bond donors (Lipinski definition) is 3. The number of nitrogens with zero attached hydrogens (tertiary/aromatic N) is 1. The van der Waals surface area contributed by atoms with Crippen LogP contribution in [0.25, 0.3) is 0 Å². The maximum absolute atomic E-state index is 12.7. The highest BCUT2D eigenvalue weighted by atomic mass is 16.3. The van der Waals surface area contributed by atoms with Crippen LogP contribution >= 0.6 is 0 Å². The fraction of sp³-hybridized carbons (Fsp3) is 0.889. The van der Waals surface area contributed by atoms with E-state index in [1.165, 1.54) is 6.42 Å². The molecule has 24 heavy (non-hydrogen) atoms. The third kappa shape index (κ3) is 2.46. The van der Waals surface area contributed by atoms with E-state index in [-0.39, 0.29) is 18.0 Å². The first-order chi connectivity index (χ1) is 11.2. The van der Waals surface area contributed by atoms with Crippen LogP contribution < -0.4 is 11.1 Å². The molecule has 0 radical (unpaired) electrons. The van der Waals surface area contributed by atoms with Crippen LogP contribution in [0.15, 0.2) is 0 Å². The van der Waals surface area contributed by atoms with Crippen molar-refractivity contribution in [3.63, 3.8) is 0 Å². The van der Waals surface area contributed by atoms with Gasteiger partial charge in [-0.05, 0) is 70.1 Å². The molecule has 1 saturated heterocycles. The van der Waals surface area contributed by atoms with Crippen molar-refractivity contribution in [3.05, 3.63) is 0 Å². The Morgan fingerprint density at radius 3 is 2.50 bits per heavy atom. The number of nitrogens with one attached hydrogen (secondary N) is 1. The van der Waals surface area contributed by atoms with Crippen molar-refractivity contribution < 1.29 is 14.7 Å². The topological polar surface area (TPSA) is 95.7 Å². The molecule has 4 bridgehead atoms. The zero-order chi connectivity index (χ0) is 17.2. The second-order valence-corrected chi connectivity index (χ2v) is 9.11. The van der Waals surface area contributed by atoms with Gasteiger partial charge in [0.15, 0.2) is 0 Å². The predicted octanol–water partition coefficient (Wildman–Crippen LogP) is 0.526. The van der Waals surface area contributed by atoms with Crippen molar-refractivity contribution in [3.8, 4) is 0 Å². The standard InChI is InChI=1S/C18H29N3O3/c1-16(15(19)23)3-2-4-21(16)14(22)10-20-17-6-12-5-13(7-17)9-18(24,8-12)11-17/h12-13,20,24H,2-11H2,1H3,(H2,19,23). The van der Waals surface area contributed by atoms with E-state index < -0.39 is 17.0 Å². The molecule has 5 aliphatic rings. The summed E-state index contributed by atoms with van der Waals surface area (Å²) in [5.41, 5.74) is 4.05. The molecule has 4 N–H and O–H groups in total. The van der Waals surface area contributed by atoms with E-state index in [1.54, 1.807) is 11.8 Å². The molecule has 2 amide bonds. The number of likely N-dealkylation sites (tertiary alicyclic amines) is 1. The number of amides is 2. The first-order valence-corrected chi connectivity index (χ1v) is 9.32. The molecule has 134 valence electrons. The van der Waals surface area contributed by atoms with E-state index in [1.807, 2.05) is 0 Å². The van der Waals surface area contributed by atoms with Gasteiger partial charge >= 0.3 is 0 Å². The monoisotopic (exact) mass is 335 g/mol. The van der Waals surface area contributed by atoms with Crippen LogP contribution in [0.3, 0.4) is 0 Å². The molecule has 6 heteroatoms. The number of carbonyl (C=O) groups excluding carboxylic acids is 2. The molecule has 3 atom stereocenters. The number of primary amides is 1. The fourth-order valence-corrected chi connectivity index (χ4v) is 6.40. The first-order valence-electron chi connectivity index (χ1n) is 9.32. The summed E-state index contributed by atoms with van der Waals surface area (Å²) in [5.74, 6) is 0.706. The van der Waals surface area contributed by atoms with Crippen molar-refractivity contribution >= 4 is 11.8 Å². The predicted molar refractivity (Wildman–Crippen MR) is 88.9 cm³/mol. The molecule has 5 rings (SSSR count). The maximum Gasteiger partial charge on any atom is 0.243 e. The van der Waals surface area contributed by atoms with Gasteiger partial charge in [0.2, 0.25) is 11.8 Å². The summed E-state index contributed by atoms with van der Waals surface area (Å²) in [6.45, 7) is 2.61. The quantitative estimate of drug-likeness (QED) is 0.698. The van der Waals surface area contributed by atoms with Gasteiger partial charge in [-0.2, -0.15) is 0 Å². The van der Waals surface area contributed by atoms with Gasteiger partial charge in [0.05, 0.1) is 12.1 Å². The molecular weight excluding hydrogens is 306 g/mol. The minimum Gasteiger partial charge on any atom is -0.390 e. The second kappa shape index (κ2) is 5.18. The molecule has 4 saturated carbocycles. The maximum atomic E-state index is 12.7. The molecule has 1 aliphatic heterocycles. The Morgan fingerprint density at radius 2 is 1.92 bits per heavy atom. The fourth-order valence-electron chi connectivity index (χ4n) is 6.40. The summed E-state index contributed by atoms with van der Waals surface area (Å²) in [6, 6.07) is 0. The Morgan fingerprint density at radius 1 is 1.25 bits per heavy atom. The van der Waals surface area contributed by atoms with Crippen LogP contribution in [0.4, 0.5) is 0 Å². The summed E-state index contributed by atoms with van der Waals surface area (Å²) in [5, 5.41) is 14.3. The van der Waals surface area contributed by atoms with Gasteiger partial charge < -0.3 is 21.1 Å². The van der Waals surface area contributed by atoms with E-state index in [0.717, 1.165) is 38.5 Å². The van der Waals surface area contributed by atoms with E-state index in [9.17, 15) is 14.7 Å². The number of hydrogen-bond acceptors (Lipinski definition) is 4. The lowest BCUT2D eigenvalue weighted by atomic mass is 9.51. The van der Waals surface area contributed by atoms with E-state index in [4.69, 9.17) is 5.73 Å². The highest BCUT2D eigenvalue weighted by Gasteiger charge is 2.57. The van der Waals surface area contributed by atoms with Crippen LogP contribution in [0.1, 0.15) is 58.3 Å². The molecule has 0 spiro atoms. The SMILES string of the molecule is CC1(C(N)=O)CCCN1C(=O)CNC12CC3CC(CC(O)(C3)C1)C2. The molecular formula is C18H29N3O3. The summed E-state index contributed by atoms with van der Waals surface area (Å²) in [6.07, 6.45) is 7.42. The second-order valence-electron chi connectivity index (χ2n) is 9.11. The van der Waals surface area contributed by atoms with Crippen molar-refractivity contribution in [2.75, 3.05) is 13.1 Å². The van der Waals surface area contributed by atoms with E-state index in [0.29, 0.717) is 24.8 Å². The van der Waals surface area contributed by atoms with E-state index in [2.05, 4.69) is 5.32 Å².